The highest BCUT2D eigenvalue weighted by atomic mass is 16.5. The smallest absolute Gasteiger partial charge is 0.200 e. The number of nitrogens with zero attached hydrogens (tertiary/aromatic N) is 3. The number of rotatable bonds is 3. The topological polar surface area (TPSA) is 46.5 Å². The van der Waals surface area contributed by atoms with Gasteiger partial charge in [-0.2, -0.15) is 5.10 Å². The lowest BCUT2D eigenvalue weighted by Gasteiger charge is -2.50. The van der Waals surface area contributed by atoms with Crippen molar-refractivity contribution >= 4 is 5.71 Å². The Bertz CT molecular complexity index is 950. The van der Waals surface area contributed by atoms with E-state index in [1.54, 1.807) is 14.2 Å². The molecule has 0 aliphatic carbocycles. The van der Waals surface area contributed by atoms with Crippen LogP contribution in [0.1, 0.15) is 36.4 Å². The largest absolute Gasteiger partial charge is 0.493 e. The van der Waals surface area contributed by atoms with Gasteiger partial charge in [0, 0.05) is 43.5 Å². The maximum atomic E-state index is 6.64. The van der Waals surface area contributed by atoms with Gasteiger partial charge in [-0.15, -0.1) is 0 Å². The van der Waals surface area contributed by atoms with Gasteiger partial charge in [0.2, 0.25) is 5.72 Å². The van der Waals surface area contributed by atoms with E-state index in [1.807, 2.05) is 12.1 Å². The van der Waals surface area contributed by atoms with Crippen molar-refractivity contribution in [1.82, 2.24) is 9.91 Å². The number of hydrogen-bond acceptors (Lipinski definition) is 6. The standard InChI is InChI=1S/C23H27N3O3/c1-25-12-10-23(11-13-25)26-19(17-6-4-5-7-20(17)29-23)15-18(24-26)16-8-9-21(27-2)22(14-16)28-3/h4-9,14,19H,10-13,15H2,1-3H3. The number of likely N-dealkylation sites (tertiary alicyclic amines) is 1. The SMILES string of the molecule is COc1ccc(C2=NN3C(C2)c2ccccc2OC32CCN(C)CC2)cc1OC. The van der Waals surface area contributed by atoms with Crippen LogP contribution >= 0.6 is 0 Å². The first kappa shape index (κ1) is 18.3. The minimum Gasteiger partial charge on any atom is -0.493 e. The Morgan fingerprint density at radius 1 is 1.03 bits per heavy atom. The van der Waals surface area contributed by atoms with Crippen LogP contribution in [0.4, 0.5) is 0 Å². The summed E-state index contributed by atoms with van der Waals surface area (Å²) in [6.45, 7) is 2.01. The molecular weight excluding hydrogens is 366 g/mol. The quantitative estimate of drug-likeness (QED) is 0.796. The molecule has 1 fully saturated rings. The summed E-state index contributed by atoms with van der Waals surface area (Å²) in [5.74, 6) is 2.46. The lowest BCUT2D eigenvalue weighted by atomic mass is 9.91. The Hall–Kier alpha value is -2.73. The summed E-state index contributed by atoms with van der Waals surface area (Å²) in [4.78, 5) is 2.36. The van der Waals surface area contributed by atoms with Crippen molar-refractivity contribution in [3.05, 3.63) is 53.6 Å². The van der Waals surface area contributed by atoms with E-state index in [1.165, 1.54) is 5.56 Å². The number of piperidine rings is 1. The van der Waals surface area contributed by atoms with E-state index in [0.29, 0.717) is 0 Å². The minimum absolute atomic E-state index is 0.200. The average molecular weight is 393 g/mol. The number of para-hydroxylation sites is 1. The van der Waals surface area contributed by atoms with Crippen LogP contribution in [0.5, 0.6) is 17.2 Å². The number of hydrogen-bond donors (Lipinski definition) is 0. The molecule has 2 aromatic carbocycles. The molecule has 152 valence electrons. The van der Waals surface area contributed by atoms with Crippen molar-refractivity contribution in [3.63, 3.8) is 0 Å². The normalized spacial score (nSPS) is 22.5. The van der Waals surface area contributed by atoms with Gasteiger partial charge in [0.25, 0.3) is 0 Å². The number of methoxy groups -OCH3 is 2. The van der Waals surface area contributed by atoms with Crippen LogP contribution in [-0.4, -0.2) is 55.7 Å². The van der Waals surface area contributed by atoms with Crippen LogP contribution < -0.4 is 14.2 Å². The predicted molar refractivity (Wildman–Crippen MR) is 112 cm³/mol. The fourth-order valence-corrected chi connectivity index (χ4v) is 4.72. The molecule has 29 heavy (non-hydrogen) atoms. The van der Waals surface area contributed by atoms with Crippen LogP contribution in [0.15, 0.2) is 47.6 Å². The van der Waals surface area contributed by atoms with Crippen LogP contribution in [0.3, 0.4) is 0 Å². The summed E-state index contributed by atoms with van der Waals surface area (Å²) < 4.78 is 17.5. The fourth-order valence-electron chi connectivity index (χ4n) is 4.72. The molecule has 6 heteroatoms. The third-order valence-corrected chi connectivity index (χ3v) is 6.39. The average Bonchev–Trinajstić information content (AvgIpc) is 3.22. The van der Waals surface area contributed by atoms with Crippen LogP contribution in [0.2, 0.25) is 0 Å². The maximum Gasteiger partial charge on any atom is 0.200 e. The molecule has 0 saturated carbocycles. The van der Waals surface area contributed by atoms with Crippen LogP contribution in [0.25, 0.3) is 0 Å². The first-order valence-electron chi connectivity index (χ1n) is 10.2. The Morgan fingerprint density at radius 2 is 1.79 bits per heavy atom. The van der Waals surface area contributed by atoms with Crippen molar-refractivity contribution in [2.45, 2.75) is 31.0 Å². The molecule has 5 rings (SSSR count). The third kappa shape index (κ3) is 2.94. The molecular formula is C23H27N3O3. The van der Waals surface area contributed by atoms with Gasteiger partial charge in [-0.3, -0.25) is 0 Å². The van der Waals surface area contributed by atoms with Gasteiger partial charge in [0.15, 0.2) is 11.5 Å². The summed E-state index contributed by atoms with van der Waals surface area (Å²) in [5, 5.41) is 7.37. The van der Waals surface area contributed by atoms with E-state index in [2.05, 4.69) is 47.3 Å². The van der Waals surface area contributed by atoms with E-state index in [4.69, 9.17) is 19.3 Å². The second kappa shape index (κ2) is 6.95. The van der Waals surface area contributed by atoms with Gasteiger partial charge in [-0.05, 0) is 31.3 Å². The van der Waals surface area contributed by atoms with Crippen molar-refractivity contribution in [3.8, 4) is 17.2 Å². The van der Waals surface area contributed by atoms with Crippen molar-refractivity contribution in [2.75, 3.05) is 34.4 Å². The Kier molecular flexibility index (Phi) is 4.39. The molecule has 6 nitrogen and oxygen atoms in total. The van der Waals surface area contributed by atoms with E-state index in [0.717, 1.165) is 60.9 Å². The van der Waals surface area contributed by atoms with Gasteiger partial charge in [0.05, 0.1) is 26.0 Å². The lowest BCUT2D eigenvalue weighted by Crippen LogP contribution is -2.58. The molecule has 1 spiro atoms. The van der Waals surface area contributed by atoms with E-state index < -0.39 is 0 Å². The molecule has 3 aliphatic rings. The number of benzene rings is 2. The maximum absolute atomic E-state index is 6.64. The van der Waals surface area contributed by atoms with Gasteiger partial charge in [-0.1, -0.05) is 18.2 Å². The molecule has 0 radical (unpaired) electrons. The van der Waals surface area contributed by atoms with Crippen LogP contribution in [0, 0.1) is 0 Å². The highest BCUT2D eigenvalue weighted by Crippen LogP contribution is 2.50. The molecule has 0 bridgehead atoms. The van der Waals surface area contributed by atoms with E-state index in [9.17, 15) is 0 Å². The third-order valence-electron chi connectivity index (χ3n) is 6.39. The summed E-state index contributed by atoms with van der Waals surface area (Å²) in [5.41, 5.74) is 2.98. The van der Waals surface area contributed by atoms with Gasteiger partial charge in [-0.25, -0.2) is 5.01 Å². The molecule has 0 aromatic heterocycles. The predicted octanol–water partition coefficient (Wildman–Crippen LogP) is 3.67. The Balaban J connectivity index is 1.56. The van der Waals surface area contributed by atoms with Gasteiger partial charge >= 0.3 is 0 Å². The molecule has 0 amide bonds. The summed E-state index contributed by atoms with van der Waals surface area (Å²) in [7, 11) is 5.49. The van der Waals surface area contributed by atoms with Crippen molar-refractivity contribution < 1.29 is 14.2 Å². The van der Waals surface area contributed by atoms with Crippen molar-refractivity contribution in [2.24, 2.45) is 5.10 Å². The molecule has 1 unspecified atom stereocenters. The van der Waals surface area contributed by atoms with Crippen molar-refractivity contribution in [1.29, 1.82) is 0 Å². The first-order chi connectivity index (χ1) is 14.1. The highest BCUT2D eigenvalue weighted by Gasteiger charge is 2.51. The van der Waals surface area contributed by atoms with Gasteiger partial charge in [0.1, 0.15) is 5.75 Å². The number of fused-ring (bicyclic) bond motifs is 4. The van der Waals surface area contributed by atoms with Crippen LogP contribution in [-0.2, 0) is 0 Å². The Morgan fingerprint density at radius 3 is 2.55 bits per heavy atom. The van der Waals surface area contributed by atoms with E-state index >= 15 is 0 Å². The molecule has 2 aromatic rings. The zero-order chi connectivity index (χ0) is 20.0. The zero-order valence-corrected chi connectivity index (χ0v) is 17.2. The molecule has 0 N–H and O–H groups in total. The molecule has 3 heterocycles. The summed E-state index contributed by atoms with van der Waals surface area (Å²) >= 11 is 0. The first-order valence-corrected chi connectivity index (χ1v) is 10.2. The molecule has 3 aliphatic heterocycles. The van der Waals surface area contributed by atoms with Gasteiger partial charge < -0.3 is 19.1 Å². The fraction of sp³-hybridized carbons (Fsp3) is 0.435. The highest BCUT2D eigenvalue weighted by molar-refractivity contribution is 6.02. The summed E-state index contributed by atoms with van der Waals surface area (Å²) in [6, 6.07) is 14.6. The number of hydrazone groups is 1. The molecule has 1 atom stereocenters. The molecule has 1 saturated heterocycles. The second-order valence-electron chi connectivity index (χ2n) is 8.07. The summed E-state index contributed by atoms with van der Waals surface area (Å²) in [6.07, 6.45) is 2.74. The lowest BCUT2D eigenvalue weighted by molar-refractivity contribution is -0.147. The zero-order valence-electron chi connectivity index (χ0n) is 17.2. The minimum atomic E-state index is -0.371. The Labute approximate surface area is 171 Å². The number of ether oxygens (including phenoxy) is 3. The van der Waals surface area contributed by atoms with E-state index in [-0.39, 0.29) is 11.8 Å². The second-order valence-corrected chi connectivity index (χ2v) is 8.07. The monoisotopic (exact) mass is 393 g/mol.